The molecule has 0 unspecified atom stereocenters. The van der Waals surface area contributed by atoms with E-state index in [2.05, 4.69) is 12.6 Å². The lowest BCUT2D eigenvalue weighted by molar-refractivity contribution is -0.130. The van der Waals surface area contributed by atoms with Gasteiger partial charge in [-0.3, -0.25) is 9.59 Å². The van der Waals surface area contributed by atoms with E-state index in [1.807, 2.05) is 10.3 Å². The first-order valence-corrected chi connectivity index (χ1v) is 7.21. The maximum Gasteiger partial charge on any atom is 0.264 e. The second-order valence-corrected chi connectivity index (χ2v) is 5.85. The first kappa shape index (κ1) is 13.4. The number of carbonyl (C=O) groups is 2. The summed E-state index contributed by atoms with van der Waals surface area (Å²) >= 11 is 5.53. The van der Waals surface area contributed by atoms with Crippen molar-refractivity contribution in [3.63, 3.8) is 0 Å². The zero-order chi connectivity index (χ0) is 13.1. The van der Waals surface area contributed by atoms with Gasteiger partial charge in [0, 0.05) is 30.4 Å². The van der Waals surface area contributed by atoms with Crippen LogP contribution in [0.5, 0.6) is 0 Å². The number of carbonyl (C=O) groups excluding carboxylic acids is 2. The molecular formula is C12H16N2O2S2. The van der Waals surface area contributed by atoms with Gasteiger partial charge in [-0.1, -0.05) is 0 Å². The van der Waals surface area contributed by atoms with E-state index in [-0.39, 0.29) is 18.4 Å². The Bertz CT molecular complexity index is 453. The molecular weight excluding hydrogens is 268 g/mol. The standard InChI is InChI=1S/C12H16N2O2S2/c1-13(7-11(15)14-4-2-3-5-14)12(16)10-6-9(17)8-18-10/h6,8,17H,2-5,7H2,1H3. The zero-order valence-electron chi connectivity index (χ0n) is 10.3. The molecule has 0 aromatic carbocycles. The molecule has 1 aromatic rings. The number of hydrogen-bond acceptors (Lipinski definition) is 4. The Hall–Kier alpha value is -1.01. The van der Waals surface area contributed by atoms with E-state index in [1.54, 1.807) is 13.1 Å². The number of thiophene rings is 1. The van der Waals surface area contributed by atoms with Gasteiger partial charge in [-0.05, 0) is 18.9 Å². The van der Waals surface area contributed by atoms with Crippen LogP contribution >= 0.6 is 24.0 Å². The van der Waals surface area contributed by atoms with Crippen molar-refractivity contribution in [2.24, 2.45) is 0 Å². The van der Waals surface area contributed by atoms with Crippen LogP contribution < -0.4 is 0 Å². The molecule has 1 fully saturated rings. The molecule has 1 aliphatic heterocycles. The second kappa shape index (κ2) is 5.75. The Morgan fingerprint density at radius 1 is 1.44 bits per heavy atom. The van der Waals surface area contributed by atoms with Crippen LogP contribution in [0.1, 0.15) is 22.5 Å². The maximum atomic E-state index is 12.0. The summed E-state index contributed by atoms with van der Waals surface area (Å²) in [5, 5.41) is 1.81. The first-order chi connectivity index (χ1) is 8.58. The van der Waals surface area contributed by atoms with Crippen molar-refractivity contribution in [1.29, 1.82) is 0 Å². The van der Waals surface area contributed by atoms with Crippen LogP contribution in [-0.2, 0) is 4.79 Å². The van der Waals surface area contributed by atoms with Gasteiger partial charge in [0.05, 0.1) is 11.4 Å². The fourth-order valence-corrected chi connectivity index (χ4v) is 3.11. The van der Waals surface area contributed by atoms with E-state index in [0.29, 0.717) is 4.88 Å². The van der Waals surface area contributed by atoms with Crippen molar-refractivity contribution in [1.82, 2.24) is 9.80 Å². The molecule has 1 aliphatic rings. The van der Waals surface area contributed by atoms with E-state index in [0.717, 1.165) is 30.8 Å². The summed E-state index contributed by atoms with van der Waals surface area (Å²) in [6.07, 6.45) is 2.13. The molecule has 18 heavy (non-hydrogen) atoms. The second-order valence-electron chi connectivity index (χ2n) is 4.42. The van der Waals surface area contributed by atoms with Crippen LogP contribution in [0.2, 0.25) is 0 Å². The van der Waals surface area contributed by atoms with Gasteiger partial charge >= 0.3 is 0 Å². The third-order valence-corrected chi connectivity index (χ3v) is 4.33. The lowest BCUT2D eigenvalue weighted by atomic mass is 10.4. The van der Waals surface area contributed by atoms with E-state index >= 15 is 0 Å². The molecule has 2 rings (SSSR count). The van der Waals surface area contributed by atoms with Crippen LogP contribution in [0.25, 0.3) is 0 Å². The van der Waals surface area contributed by atoms with Crippen molar-refractivity contribution in [3.05, 3.63) is 16.3 Å². The van der Waals surface area contributed by atoms with E-state index in [9.17, 15) is 9.59 Å². The largest absolute Gasteiger partial charge is 0.341 e. The molecule has 4 nitrogen and oxygen atoms in total. The van der Waals surface area contributed by atoms with Gasteiger partial charge in [-0.2, -0.15) is 0 Å². The average Bonchev–Trinajstić information content (AvgIpc) is 2.98. The highest BCUT2D eigenvalue weighted by atomic mass is 32.1. The van der Waals surface area contributed by atoms with Crippen molar-refractivity contribution in [2.75, 3.05) is 26.7 Å². The maximum absolute atomic E-state index is 12.0. The molecule has 2 heterocycles. The molecule has 0 N–H and O–H groups in total. The summed E-state index contributed by atoms with van der Waals surface area (Å²) in [5.74, 6) is -0.0844. The number of nitrogens with zero attached hydrogens (tertiary/aromatic N) is 2. The smallest absolute Gasteiger partial charge is 0.264 e. The first-order valence-electron chi connectivity index (χ1n) is 5.88. The molecule has 0 saturated carbocycles. The number of likely N-dealkylation sites (tertiary alicyclic amines) is 1. The molecule has 0 bridgehead atoms. The van der Waals surface area contributed by atoms with Crippen LogP contribution in [0, 0.1) is 0 Å². The monoisotopic (exact) mass is 284 g/mol. The highest BCUT2D eigenvalue weighted by Gasteiger charge is 2.22. The number of thiol groups is 1. The fourth-order valence-electron chi connectivity index (χ4n) is 1.97. The molecule has 6 heteroatoms. The normalized spacial score (nSPS) is 14.9. The number of likely N-dealkylation sites (N-methyl/N-ethyl adjacent to an activating group) is 1. The SMILES string of the molecule is CN(CC(=O)N1CCCC1)C(=O)c1cc(S)cs1. The summed E-state index contributed by atoms with van der Waals surface area (Å²) in [5.41, 5.74) is 0. The van der Waals surface area contributed by atoms with Crippen molar-refractivity contribution < 1.29 is 9.59 Å². The predicted molar refractivity (Wildman–Crippen MR) is 74.3 cm³/mol. The van der Waals surface area contributed by atoms with Crippen molar-refractivity contribution in [3.8, 4) is 0 Å². The van der Waals surface area contributed by atoms with Crippen molar-refractivity contribution in [2.45, 2.75) is 17.7 Å². The highest BCUT2D eigenvalue weighted by Crippen LogP contribution is 2.19. The third-order valence-electron chi connectivity index (χ3n) is 2.97. The molecule has 2 amide bonds. The zero-order valence-corrected chi connectivity index (χ0v) is 12.0. The molecule has 0 radical (unpaired) electrons. The minimum Gasteiger partial charge on any atom is -0.341 e. The lowest BCUT2D eigenvalue weighted by Crippen LogP contribution is -2.39. The van der Waals surface area contributed by atoms with Gasteiger partial charge in [0.2, 0.25) is 5.91 Å². The molecule has 0 aliphatic carbocycles. The number of rotatable bonds is 3. The Morgan fingerprint density at radius 3 is 2.67 bits per heavy atom. The van der Waals surface area contributed by atoms with Gasteiger partial charge in [0.15, 0.2) is 0 Å². The molecule has 0 spiro atoms. The number of amides is 2. The van der Waals surface area contributed by atoms with Gasteiger partial charge in [-0.15, -0.1) is 24.0 Å². The molecule has 98 valence electrons. The average molecular weight is 284 g/mol. The quantitative estimate of drug-likeness (QED) is 0.859. The third kappa shape index (κ3) is 3.05. The highest BCUT2D eigenvalue weighted by molar-refractivity contribution is 7.80. The van der Waals surface area contributed by atoms with Crippen LogP contribution in [0.4, 0.5) is 0 Å². The number of hydrogen-bond donors (Lipinski definition) is 1. The van der Waals surface area contributed by atoms with Crippen molar-refractivity contribution >= 4 is 35.8 Å². The van der Waals surface area contributed by atoms with E-state index in [4.69, 9.17) is 0 Å². The Labute approximate surface area is 116 Å². The predicted octanol–water partition coefficient (Wildman–Crippen LogP) is 1.73. The summed E-state index contributed by atoms with van der Waals surface area (Å²) in [6.45, 7) is 1.79. The van der Waals surface area contributed by atoms with Crippen LogP contribution in [-0.4, -0.2) is 48.3 Å². The topological polar surface area (TPSA) is 40.6 Å². The van der Waals surface area contributed by atoms with Crippen LogP contribution in [0.3, 0.4) is 0 Å². The van der Waals surface area contributed by atoms with E-state index < -0.39 is 0 Å². The molecule has 1 aromatic heterocycles. The molecule has 1 saturated heterocycles. The minimum atomic E-state index is -0.118. The minimum absolute atomic E-state index is 0.0333. The van der Waals surface area contributed by atoms with Gasteiger partial charge in [0.1, 0.15) is 0 Å². The van der Waals surface area contributed by atoms with Gasteiger partial charge in [-0.25, -0.2) is 0 Å². The fraction of sp³-hybridized carbons (Fsp3) is 0.500. The Morgan fingerprint density at radius 2 is 2.11 bits per heavy atom. The summed E-state index contributed by atoms with van der Waals surface area (Å²) in [6, 6.07) is 1.73. The van der Waals surface area contributed by atoms with Gasteiger partial charge < -0.3 is 9.80 Å². The Balaban J connectivity index is 1.92. The summed E-state index contributed by atoms with van der Waals surface area (Å²) < 4.78 is 0. The summed E-state index contributed by atoms with van der Waals surface area (Å²) in [7, 11) is 1.66. The van der Waals surface area contributed by atoms with Crippen LogP contribution in [0.15, 0.2) is 16.3 Å². The van der Waals surface area contributed by atoms with Gasteiger partial charge in [0.25, 0.3) is 5.91 Å². The Kier molecular flexibility index (Phi) is 4.29. The van der Waals surface area contributed by atoms with E-state index in [1.165, 1.54) is 16.2 Å². The summed E-state index contributed by atoms with van der Waals surface area (Å²) in [4.78, 5) is 28.7. The molecule has 0 atom stereocenters. The lowest BCUT2D eigenvalue weighted by Gasteiger charge is -2.20.